The molecule has 2 N–H and O–H groups in total. The summed E-state index contributed by atoms with van der Waals surface area (Å²) in [6.07, 6.45) is -8.31. The van der Waals surface area contributed by atoms with Gasteiger partial charge in [-0.25, -0.2) is 8.78 Å². The molecule has 0 aliphatic rings. The number of hydrogen-bond donors (Lipinski definition) is 1. The maximum Gasteiger partial charge on any atom is 0.574 e. The number of rotatable bonds is 3. The first-order valence-electron chi connectivity index (χ1n) is 4.18. The van der Waals surface area contributed by atoms with Gasteiger partial charge in [0.2, 0.25) is 11.8 Å². The lowest BCUT2D eigenvalue weighted by Gasteiger charge is -2.12. The van der Waals surface area contributed by atoms with Gasteiger partial charge in [-0.1, -0.05) is 0 Å². The molecule has 1 aromatic heterocycles. The summed E-state index contributed by atoms with van der Waals surface area (Å²) in [5.41, 5.74) is 3.41. The van der Waals surface area contributed by atoms with Gasteiger partial charge in [-0.05, 0) is 5.56 Å². The summed E-state index contributed by atoms with van der Waals surface area (Å²) >= 11 is 0. The van der Waals surface area contributed by atoms with Crippen LogP contribution in [-0.2, 0) is 6.54 Å². The van der Waals surface area contributed by atoms with Crippen molar-refractivity contribution in [3.8, 4) is 5.88 Å². The predicted octanol–water partition coefficient (Wildman–Crippen LogP) is 2.52. The Morgan fingerprint density at radius 2 is 1.94 bits per heavy atom. The van der Waals surface area contributed by atoms with Crippen LogP contribution in [0.5, 0.6) is 5.88 Å². The van der Waals surface area contributed by atoms with Gasteiger partial charge >= 0.3 is 6.36 Å². The molecular formula is C8H6F6N2O. The molecule has 0 saturated heterocycles. The van der Waals surface area contributed by atoms with Gasteiger partial charge in [0.05, 0.1) is 5.56 Å². The van der Waals surface area contributed by atoms with E-state index in [9.17, 15) is 26.3 Å². The van der Waals surface area contributed by atoms with Gasteiger partial charge in [-0.3, -0.25) is 0 Å². The summed E-state index contributed by atoms with van der Waals surface area (Å²) in [5, 5.41) is 0. The second kappa shape index (κ2) is 4.78. The number of nitrogens with two attached hydrogens (primary N) is 1. The van der Waals surface area contributed by atoms with Crippen molar-refractivity contribution in [2.45, 2.75) is 19.3 Å². The van der Waals surface area contributed by atoms with Crippen LogP contribution in [0.3, 0.4) is 0 Å². The minimum absolute atomic E-state index is 0.494. The van der Waals surface area contributed by atoms with E-state index < -0.39 is 42.3 Å². The van der Waals surface area contributed by atoms with Crippen LogP contribution in [0.2, 0.25) is 0 Å². The third-order valence-electron chi connectivity index (χ3n) is 1.73. The van der Waals surface area contributed by atoms with Crippen molar-refractivity contribution in [3.05, 3.63) is 23.1 Å². The molecule has 17 heavy (non-hydrogen) atoms. The van der Waals surface area contributed by atoms with Crippen LogP contribution in [0.4, 0.5) is 26.3 Å². The molecule has 1 aromatic rings. The van der Waals surface area contributed by atoms with E-state index in [1.807, 2.05) is 0 Å². The van der Waals surface area contributed by atoms with Crippen LogP contribution in [0.15, 0.2) is 6.07 Å². The molecule has 0 fully saturated rings. The Hall–Kier alpha value is -1.51. The summed E-state index contributed by atoms with van der Waals surface area (Å²) in [6, 6.07) is 0.526. The number of ether oxygens (including phenoxy) is 1. The lowest BCUT2D eigenvalue weighted by atomic mass is 10.1. The van der Waals surface area contributed by atoms with Crippen molar-refractivity contribution in [3.63, 3.8) is 0 Å². The summed E-state index contributed by atoms with van der Waals surface area (Å²) in [7, 11) is 0. The van der Waals surface area contributed by atoms with E-state index in [-0.39, 0.29) is 0 Å². The van der Waals surface area contributed by atoms with Gasteiger partial charge < -0.3 is 10.5 Å². The Morgan fingerprint density at radius 3 is 2.35 bits per heavy atom. The van der Waals surface area contributed by atoms with E-state index in [1.165, 1.54) is 0 Å². The zero-order valence-electron chi connectivity index (χ0n) is 8.06. The average Bonchev–Trinajstić information content (AvgIpc) is 2.12. The quantitative estimate of drug-likeness (QED) is 0.671. The van der Waals surface area contributed by atoms with Gasteiger partial charge in [0, 0.05) is 12.6 Å². The highest BCUT2D eigenvalue weighted by Crippen LogP contribution is 2.29. The van der Waals surface area contributed by atoms with E-state index in [1.54, 1.807) is 0 Å². The van der Waals surface area contributed by atoms with Crippen LogP contribution in [-0.4, -0.2) is 11.3 Å². The van der Waals surface area contributed by atoms with E-state index in [4.69, 9.17) is 5.73 Å². The van der Waals surface area contributed by atoms with Crippen LogP contribution in [0.1, 0.15) is 17.6 Å². The van der Waals surface area contributed by atoms with Gasteiger partial charge in [0.25, 0.3) is 6.43 Å². The first-order chi connectivity index (χ1) is 7.74. The zero-order chi connectivity index (χ0) is 13.2. The third-order valence-corrected chi connectivity index (χ3v) is 1.73. The molecule has 0 aliphatic carbocycles. The maximum atomic E-state index is 13.0. The summed E-state index contributed by atoms with van der Waals surface area (Å²) in [5.74, 6) is -2.90. The molecule has 9 heteroatoms. The zero-order valence-corrected chi connectivity index (χ0v) is 8.06. The SMILES string of the molecule is NCc1cc(OC(F)(F)F)nc(F)c1C(F)F. The molecule has 3 nitrogen and oxygen atoms in total. The average molecular weight is 260 g/mol. The van der Waals surface area contributed by atoms with E-state index in [0.29, 0.717) is 6.07 Å². The fourth-order valence-electron chi connectivity index (χ4n) is 1.12. The van der Waals surface area contributed by atoms with Crippen LogP contribution in [0, 0.1) is 5.95 Å². The number of aromatic nitrogens is 1. The topological polar surface area (TPSA) is 48.1 Å². The highest BCUT2D eigenvalue weighted by atomic mass is 19.4. The first-order valence-corrected chi connectivity index (χ1v) is 4.18. The molecule has 0 unspecified atom stereocenters. The number of pyridine rings is 1. The number of nitrogens with zero attached hydrogens (tertiary/aromatic N) is 1. The molecule has 0 radical (unpaired) electrons. The Kier molecular flexibility index (Phi) is 3.81. The second-order valence-electron chi connectivity index (χ2n) is 2.88. The number of alkyl halides is 5. The van der Waals surface area contributed by atoms with E-state index >= 15 is 0 Å². The Labute approximate surface area is 91.2 Å². The third kappa shape index (κ3) is 3.48. The smallest absolute Gasteiger partial charge is 0.388 e. The molecule has 1 heterocycles. The molecular weight excluding hydrogens is 254 g/mol. The molecule has 96 valence electrons. The Bertz CT molecular complexity index is 406. The van der Waals surface area contributed by atoms with Crippen LogP contribution in [0.25, 0.3) is 0 Å². The Balaban J connectivity index is 3.18. The number of hydrogen-bond acceptors (Lipinski definition) is 3. The monoisotopic (exact) mass is 260 g/mol. The molecule has 0 saturated carbocycles. The van der Waals surface area contributed by atoms with Crippen molar-refractivity contribution in [1.82, 2.24) is 4.98 Å². The van der Waals surface area contributed by atoms with Crippen molar-refractivity contribution in [1.29, 1.82) is 0 Å². The minimum atomic E-state index is -5.09. The molecule has 0 aromatic carbocycles. The van der Waals surface area contributed by atoms with Crippen LogP contribution < -0.4 is 10.5 Å². The number of halogens is 6. The predicted molar refractivity (Wildman–Crippen MR) is 43.7 cm³/mol. The molecule has 0 atom stereocenters. The fraction of sp³-hybridized carbons (Fsp3) is 0.375. The Morgan fingerprint density at radius 1 is 1.35 bits per heavy atom. The maximum absolute atomic E-state index is 13.0. The van der Waals surface area contributed by atoms with Crippen molar-refractivity contribution < 1.29 is 31.1 Å². The van der Waals surface area contributed by atoms with Gasteiger partial charge in [-0.15, -0.1) is 13.2 Å². The van der Waals surface area contributed by atoms with E-state index in [2.05, 4.69) is 9.72 Å². The highest BCUT2D eigenvalue weighted by Gasteiger charge is 2.33. The van der Waals surface area contributed by atoms with Gasteiger partial charge in [-0.2, -0.15) is 9.37 Å². The molecule has 1 rings (SSSR count). The molecule has 0 amide bonds. The van der Waals surface area contributed by atoms with E-state index in [0.717, 1.165) is 0 Å². The highest BCUT2D eigenvalue weighted by molar-refractivity contribution is 5.31. The normalized spacial score (nSPS) is 12.0. The summed E-state index contributed by atoms with van der Waals surface area (Å²) < 4.78 is 76.4. The molecule has 0 aliphatic heterocycles. The van der Waals surface area contributed by atoms with Crippen molar-refractivity contribution in [2.75, 3.05) is 0 Å². The molecule has 0 bridgehead atoms. The van der Waals surface area contributed by atoms with Crippen LogP contribution >= 0.6 is 0 Å². The van der Waals surface area contributed by atoms with Gasteiger partial charge in [0.1, 0.15) is 0 Å². The van der Waals surface area contributed by atoms with Crippen molar-refractivity contribution >= 4 is 0 Å². The fourth-order valence-corrected chi connectivity index (χ4v) is 1.12. The largest absolute Gasteiger partial charge is 0.574 e. The molecule has 0 spiro atoms. The lowest BCUT2D eigenvalue weighted by Crippen LogP contribution is -2.19. The van der Waals surface area contributed by atoms with Crippen molar-refractivity contribution in [2.24, 2.45) is 5.73 Å². The summed E-state index contributed by atoms with van der Waals surface area (Å²) in [6.45, 7) is -0.562. The lowest BCUT2D eigenvalue weighted by molar-refractivity contribution is -0.276. The summed E-state index contributed by atoms with van der Waals surface area (Å²) in [4.78, 5) is 2.64. The minimum Gasteiger partial charge on any atom is -0.388 e. The first kappa shape index (κ1) is 13.6. The standard InChI is InChI=1S/C8H6F6N2O/c9-6(10)5-3(2-15)1-4(16-7(5)11)17-8(12,13)14/h1,6H,2,15H2. The van der Waals surface area contributed by atoms with Gasteiger partial charge in [0.15, 0.2) is 0 Å². The second-order valence-corrected chi connectivity index (χ2v) is 2.88.